The fourth-order valence-corrected chi connectivity index (χ4v) is 3.67. The third kappa shape index (κ3) is 4.54. The molecule has 1 aliphatic rings. The number of nitriles is 1. The molecule has 0 amide bonds. The van der Waals surface area contributed by atoms with Crippen LogP contribution in [-0.2, 0) is 11.5 Å². The van der Waals surface area contributed by atoms with Crippen LogP contribution in [0.15, 0.2) is 4.52 Å². The summed E-state index contributed by atoms with van der Waals surface area (Å²) in [5, 5.41) is 13.2. The van der Waals surface area contributed by atoms with Crippen LogP contribution >= 0.6 is 23.5 Å². The molecular formula is C12H17N3OS2. The molecule has 2 rings (SSSR count). The van der Waals surface area contributed by atoms with E-state index >= 15 is 0 Å². The van der Waals surface area contributed by atoms with Gasteiger partial charge in [-0.2, -0.15) is 22.0 Å². The SMILES string of the molecule is N#CCSCc1nc(CSC2CCCCC2)no1. The van der Waals surface area contributed by atoms with Gasteiger partial charge in [0.15, 0.2) is 5.82 Å². The second kappa shape index (κ2) is 7.70. The quantitative estimate of drug-likeness (QED) is 0.746. The molecule has 0 N–H and O–H groups in total. The Morgan fingerprint density at radius 3 is 2.89 bits per heavy atom. The van der Waals surface area contributed by atoms with Crippen molar-refractivity contribution in [1.82, 2.24) is 10.1 Å². The van der Waals surface area contributed by atoms with Crippen molar-refractivity contribution in [2.75, 3.05) is 5.75 Å². The molecule has 18 heavy (non-hydrogen) atoms. The molecule has 0 unspecified atom stereocenters. The average Bonchev–Trinajstić information content (AvgIpc) is 2.86. The van der Waals surface area contributed by atoms with E-state index in [0.717, 1.165) is 16.8 Å². The normalized spacial score (nSPS) is 16.6. The zero-order valence-electron chi connectivity index (χ0n) is 10.3. The van der Waals surface area contributed by atoms with Gasteiger partial charge in [0.25, 0.3) is 0 Å². The van der Waals surface area contributed by atoms with E-state index in [2.05, 4.69) is 16.2 Å². The van der Waals surface area contributed by atoms with Crippen LogP contribution in [0.2, 0.25) is 0 Å². The van der Waals surface area contributed by atoms with E-state index in [4.69, 9.17) is 9.78 Å². The van der Waals surface area contributed by atoms with Crippen LogP contribution in [0.4, 0.5) is 0 Å². The summed E-state index contributed by atoms with van der Waals surface area (Å²) in [5.74, 6) is 3.37. The lowest BCUT2D eigenvalue weighted by Gasteiger charge is -2.19. The van der Waals surface area contributed by atoms with Gasteiger partial charge in [-0.05, 0) is 12.8 Å². The molecule has 0 bridgehead atoms. The first-order valence-corrected chi connectivity index (χ1v) is 8.46. The topological polar surface area (TPSA) is 62.7 Å². The molecule has 1 aromatic rings. The van der Waals surface area contributed by atoms with E-state index in [0.29, 0.717) is 17.4 Å². The molecule has 0 radical (unpaired) electrons. The predicted octanol–water partition coefficient (Wildman–Crippen LogP) is 3.39. The minimum absolute atomic E-state index is 0.467. The fourth-order valence-electron chi connectivity index (χ4n) is 2.02. The Kier molecular flexibility index (Phi) is 5.88. The molecule has 1 aliphatic carbocycles. The van der Waals surface area contributed by atoms with Crippen LogP contribution in [-0.4, -0.2) is 21.1 Å². The first kappa shape index (κ1) is 13.8. The Morgan fingerprint density at radius 1 is 1.28 bits per heavy atom. The third-order valence-electron chi connectivity index (χ3n) is 2.90. The summed E-state index contributed by atoms with van der Waals surface area (Å²) in [6, 6.07) is 2.08. The smallest absolute Gasteiger partial charge is 0.236 e. The third-order valence-corrected chi connectivity index (χ3v) is 5.05. The predicted molar refractivity (Wildman–Crippen MR) is 74.2 cm³/mol. The summed E-state index contributed by atoms with van der Waals surface area (Å²) in [5.41, 5.74) is 0. The highest BCUT2D eigenvalue weighted by molar-refractivity contribution is 7.99. The van der Waals surface area contributed by atoms with Crippen LogP contribution in [0, 0.1) is 11.3 Å². The molecule has 0 spiro atoms. The van der Waals surface area contributed by atoms with E-state index in [1.165, 1.54) is 43.9 Å². The van der Waals surface area contributed by atoms with Crippen molar-refractivity contribution in [1.29, 1.82) is 5.26 Å². The van der Waals surface area contributed by atoms with Crippen LogP contribution in [0.1, 0.15) is 43.8 Å². The molecule has 98 valence electrons. The zero-order valence-corrected chi connectivity index (χ0v) is 11.9. The highest BCUT2D eigenvalue weighted by atomic mass is 32.2. The second-order valence-electron chi connectivity index (χ2n) is 4.33. The summed E-state index contributed by atoms with van der Waals surface area (Å²) in [6.45, 7) is 0. The number of nitrogens with zero attached hydrogens (tertiary/aromatic N) is 3. The Bertz CT molecular complexity index is 396. The van der Waals surface area contributed by atoms with E-state index in [1.807, 2.05) is 11.8 Å². The molecule has 1 saturated carbocycles. The molecule has 0 aromatic carbocycles. The maximum Gasteiger partial charge on any atom is 0.236 e. The minimum Gasteiger partial charge on any atom is -0.338 e. The highest BCUT2D eigenvalue weighted by Crippen LogP contribution is 2.29. The Morgan fingerprint density at radius 2 is 2.11 bits per heavy atom. The van der Waals surface area contributed by atoms with Crippen molar-refractivity contribution in [3.05, 3.63) is 11.7 Å². The van der Waals surface area contributed by atoms with E-state index in [9.17, 15) is 0 Å². The molecule has 0 saturated heterocycles. The van der Waals surface area contributed by atoms with Gasteiger partial charge in [-0.3, -0.25) is 0 Å². The summed E-state index contributed by atoms with van der Waals surface area (Å²) >= 11 is 3.45. The lowest BCUT2D eigenvalue weighted by atomic mass is 10.0. The second-order valence-corrected chi connectivity index (χ2v) is 6.60. The van der Waals surface area contributed by atoms with Crippen molar-refractivity contribution in [3.63, 3.8) is 0 Å². The summed E-state index contributed by atoms with van der Waals surface area (Å²) in [6.07, 6.45) is 6.76. The molecule has 1 fully saturated rings. The van der Waals surface area contributed by atoms with Crippen LogP contribution in [0.25, 0.3) is 0 Å². The number of rotatable bonds is 6. The van der Waals surface area contributed by atoms with Gasteiger partial charge >= 0.3 is 0 Å². The molecule has 4 nitrogen and oxygen atoms in total. The molecular weight excluding hydrogens is 266 g/mol. The number of thioether (sulfide) groups is 2. The van der Waals surface area contributed by atoms with Crippen LogP contribution in [0.3, 0.4) is 0 Å². The molecule has 0 aliphatic heterocycles. The van der Waals surface area contributed by atoms with Gasteiger partial charge in [0.05, 0.1) is 23.3 Å². The van der Waals surface area contributed by atoms with E-state index < -0.39 is 0 Å². The van der Waals surface area contributed by atoms with Crippen molar-refractivity contribution in [2.45, 2.75) is 48.9 Å². The van der Waals surface area contributed by atoms with Crippen molar-refractivity contribution >= 4 is 23.5 Å². The van der Waals surface area contributed by atoms with Gasteiger partial charge in [0.2, 0.25) is 5.89 Å². The largest absolute Gasteiger partial charge is 0.338 e. The van der Waals surface area contributed by atoms with Crippen molar-refractivity contribution in [3.8, 4) is 6.07 Å². The first-order chi connectivity index (χ1) is 8.88. The molecule has 1 heterocycles. The Hall–Kier alpha value is -0.670. The minimum atomic E-state index is 0.467. The van der Waals surface area contributed by atoms with Crippen molar-refractivity contribution in [2.24, 2.45) is 0 Å². The number of aromatic nitrogens is 2. The molecule has 0 atom stereocenters. The standard InChI is InChI=1S/C12H17N3OS2/c13-6-7-17-9-12-14-11(15-16-12)8-18-10-4-2-1-3-5-10/h10H,1-5,7-9H2. The van der Waals surface area contributed by atoms with Gasteiger partial charge < -0.3 is 4.52 Å². The van der Waals surface area contributed by atoms with E-state index in [-0.39, 0.29) is 0 Å². The van der Waals surface area contributed by atoms with Gasteiger partial charge in [-0.25, -0.2) is 0 Å². The van der Waals surface area contributed by atoms with E-state index in [1.54, 1.807) is 0 Å². The van der Waals surface area contributed by atoms with Crippen LogP contribution < -0.4 is 0 Å². The van der Waals surface area contributed by atoms with Gasteiger partial charge in [0, 0.05) is 5.25 Å². The fraction of sp³-hybridized carbons (Fsp3) is 0.750. The highest BCUT2D eigenvalue weighted by Gasteiger charge is 2.15. The lowest BCUT2D eigenvalue weighted by Crippen LogP contribution is -2.08. The Balaban J connectivity index is 1.71. The van der Waals surface area contributed by atoms with Gasteiger partial charge in [0.1, 0.15) is 0 Å². The lowest BCUT2D eigenvalue weighted by molar-refractivity contribution is 0.386. The number of hydrogen-bond donors (Lipinski definition) is 0. The number of hydrogen-bond acceptors (Lipinski definition) is 6. The monoisotopic (exact) mass is 283 g/mol. The average molecular weight is 283 g/mol. The van der Waals surface area contributed by atoms with Gasteiger partial charge in [-0.15, -0.1) is 11.8 Å². The Labute approximate surface area is 116 Å². The first-order valence-electron chi connectivity index (χ1n) is 6.26. The maximum atomic E-state index is 8.44. The summed E-state index contributed by atoms with van der Waals surface area (Å²) < 4.78 is 5.15. The van der Waals surface area contributed by atoms with Crippen molar-refractivity contribution < 1.29 is 4.52 Å². The summed E-state index contributed by atoms with van der Waals surface area (Å²) in [7, 11) is 0. The zero-order chi connectivity index (χ0) is 12.6. The molecule has 1 aromatic heterocycles. The van der Waals surface area contributed by atoms with Gasteiger partial charge in [-0.1, -0.05) is 24.4 Å². The maximum absolute atomic E-state index is 8.44. The molecule has 6 heteroatoms. The summed E-state index contributed by atoms with van der Waals surface area (Å²) in [4.78, 5) is 4.34. The van der Waals surface area contributed by atoms with Crippen LogP contribution in [0.5, 0.6) is 0 Å².